The van der Waals surface area contributed by atoms with Gasteiger partial charge in [0.05, 0.1) is 21.9 Å². The second-order valence-corrected chi connectivity index (χ2v) is 10.1. The van der Waals surface area contributed by atoms with Gasteiger partial charge in [0.2, 0.25) is 0 Å². The molecule has 2 aliphatic rings. The Morgan fingerprint density at radius 1 is 1.12 bits per heavy atom. The van der Waals surface area contributed by atoms with Crippen molar-refractivity contribution in [3.8, 4) is 0 Å². The third-order valence-corrected chi connectivity index (χ3v) is 7.02. The number of hydrogen-bond acceptors (Lipinski definition) is 6. The second kappa shape index (κ2) is 9.10. The van der Waals surface area contributed by atoms with Crippen LogP contribution in [0, 0.1) is 10.1 Å². The Morgan fingerprint density at radius 2 is 1.82 bits per heavy atom. The largest absolute Gasteiger partial charge is 0.362 e. The maximum absolute atomic E-state index is 13.0. The third kappa shape index (κ3) is 4.50. The number of amides is 2. The van der Waals surface area contributed by atoms with E-state index in [4.69, 9.17) is 0 Å². The Kier molecular flexibility index (Phi) is 6.36. The SMILES string of the molecule is CCCN1c2ccc(/C=C3/SC(=O)N(Cc4ccc([N+](=O)[O-])cc4)C3=O)cc2C(C)=CC1(C)C. The summed E-state index contributed by atoms with van der Waals surface area (Å²) in [5, 5.41) is 10.5. The van der Waals surface area contributed by atoms with Gasteiger partial charge in [-0.3, -0.25) is 24.6 Å². The van der Waals surface area contributed by atoms with Gasteiger partial charge in [-0.25, -0.2) is 0 Å². The van der Waals surface area contributed by atoms with Crippen molar-refractivity contribution < 1.29 is 14.5 Å². The van der Waals surface area contributed by atoms with E-state index in [1.807, 2.05) is 6.07 Å². The van der Waals surface area contributed by atoms with Gasteiger partial charge in [0.1, 0.15) is 0 Å². The number of carbonyl (C=O) groups is 2. The first-order valence-electron chi connectivity index (χ1n) is 11.2. The molecule has 0 saturated carbocycles. The van der Waals surface area contributed by atoms with Gasteiger partial charge >= 0.3 is 0 Å². The molecule has 34 heavy (non-hydrogen) atoms. The number of nitrogens with zero attached hydrogens (tertiary/aromatic N) is 3. The minimum Gasteiger partial charge on any atom is -0.362 e. The van der Waals surface area contributed by atoms with Crippen molar-refractivity contribution >= 4 is 45.9 Å². The quantitative estimate of drug-likeness (QED) is 0.278. The van der Waals surface area contributed by atoms with Gasteiger partial charge < -0.3 is 4.90 Å². The molecule has 7 nitrogen and oxygen atoms in total. The number of nitro groups is 1. The lowest BCUT2D eigenvalue weighted by molar-refractivity contribution is -0.384. The van der Waals surface area contributed by atoms with Crippen LogP contribution in [0.2, 0.25) is 0 Å². The molecule has 0 bridgehead atoms. The Hall–Kier alpha value is -3.39. The van der Waals surface area contributed by atoms with E-state index in [0.717, 1.165) is 35.9 Å². The molecule has 0 spiro atoms. The average Bonchev–Trinajstić information content (AvgIpc) is 3.04. The van der Waals surface area contributed by atoms with Gasteiger partial charge in [-0.05, 0) is 73.9 Å². The molecule has 2 aromatic carbocycles. The minimum atomic E-state index is -0.482. The molecule has 0 N–H and O–H groups in total. The van der Waals surface area contributed by atoms with Gasteiger partial charge in [0, 0.05) is 29.9 Å². The molecule has 4 rings (SSSR count). The lowest BCUT2D eigenvalue weighted by Gasteiger charge is -2.43. The number of imide groups is 1. The first-order valence-corrected chi connectivity index (χ1v) is 12.0. The van der Waals surface area contributed by atoms with Crippen molar-refractivity contribution in [2.75, 3.05) is 11.4 Å². The normalized spacial score (nSPS) is 18.4. The van der Waals surface area contributed by atoms with E-state index in [9.17, 15) is 19.7 Å². The maximum atomic E-state index is 13.0. The molecule has 2 heterocycles. The molecule has 0 aromatic heterocycles. The van der Waals surface area contributed by atoms with Gasteiger partial charge in [0.25, 0.3) is 16.8 Å². The number of allylic oxidation sites excluding steroid dienone is 1. The zero-order valence-corrected chi connectivity index (χ0v) is 20.5. The van der Waals surface area contributed by atoms with Crippen LogP contribution in [0.15, 0.2) is 53.4 Å². The zero-order chi connectivity index (χ0) is 24.6. The molecule has 0 aliphatic carbocycles. The van der Waals surface area contributed by atoms with Gasteiger partial charge in [-0.15, -0.1) is 0 Å². The van der Waals surface area contributed by atoms with Gasteiger partial charge in [-0.2, -0.15) is 0 Å². The number of thioether (sulfide) groups is 1. The summed E-state index contributed by atoms with van der Waals surface area (Å²) in [5.41, 5.74) is 4.91. The summed E-state index contributed by atoms with van der Waals surface area (Å²) in [4.78, 5) is 39.8. The molecule has 2 aromatic rings. The maximum Gasteiger partial charge on any atom is 0.293 e. The lowest BCUT2D eigenvalue weighted by atomic mass is 9.88. The van der Waals surface area contributed by atoms with Crippen LogP contribution in [0.5, 0.6) is 0 Å². The van der Waals surface area contributed by atoms with Crippen LogP contribution in [0.3, 0.4) is 0 Å². The van der Waals surface area contributed by atoms with Crippen molar-refractivity contribution in [1.29, 1.82) is 0 Å². The summed E-state index contributed by atoms with van der Waals surface area (Å²) in [5.74, 6) is -0.355. The Bertz CT molecular complexity index is 1230. The van der Waals surface area contributed by atoms with Crippen LogP contribution in [0.4, 0.5) is 16.2 Å². The zero-order valence-electron chi connectivity index (χ0n) is 19.7. The summed E-state index contributed by atoms with van der Waals surface area (Å²) in [6.45, 7) is 9.72. The number of benzene rings is 2. The molecule has 1 saturated heterocycles. The summed E-state index contributed by atoms with van der Waals surface area (Å²) < 4.78 is 0. The molecule has 2 amide bonds. The summed E-state index contributed by atoms with van der Waals surface area (Å²) in [6.07, 6.45) is 5.07. The summed E-state index contributed by atoms with van der Waals surface area (Å²) >= 11 is 0.916. The van der Waals surface area contributed by atoms with Crippen molar-refractivity contribution in [3.05, 3.63) is 80.3 Å². The minimum absolute atomic E-state index is 0.0320. The van der Waals surface area contributed by atoms with E-state index in [2.05, 4.69) is 50.8 Å². The third-order valence-electron chi connectivity index (χ3n) is 6.11. The number of carbonyl (C=O) groups excluding carboxylic acids is 2. The number of nitro benzene ring substituents is 1. The lowest BCUT2D eigenvalue weighted by Crippen LogP contribution is -2.45. The predicted octanol–water partition coefficient (Wildman–Crippen LogP) is 6.24. The van der Waals surface area contributed by atoms with E-state index in [1.165, 1.54) is 28.3 Å². The number of anilines is 1. The van der Waals surface area contributed by atoms with E-state index < -0.39 is 4.92 Å². The van der Waals surface area contributed by atoms with Crippen LogP contribution < -0.4 is 4.90 Å². The topological polar surface area (TPSA) is 83.8 Å². The fourth-order valence-electron chi connectivity index (χ4n) is 4.52. The first kappa shape index (κ1) is 23.8. The molecule has 0 unspecified atom stereocenters. The predicted molar refractivity (Wildman–Crippen MR) is 136 cm³/mol. The highest BCUT2D eigenvalue weighted by Gasteiger charge is 2.35. The Morgan fingerprint density at radius 3 is 2.47 bits per heavy atom. The van der Waals surface area contributed by atoms with E-state index in [0.29, 0.717) is 10.5 Å². The molecule has 8 heteroatoms. The number of fused-ring (bicyclic) bond motifs is 1. The van der Waals surface area contributed by atoms with E-state index in [-0.39, 0.29) is 28.9 Å². The van der Waals surface area contributed by atoms with Crippen molar-refractivity contribution in [1.82, 2.24) is 4.90 Å². The molecule has 2 aliphatic heterocycles. The highest BCUT2D eigenvalue weighted by molar-refractivity contribution is 8.18. The summed E-state index contributed by atoms with van der Waals surface area (Å²) in [7, 11) is 0. The summed E-state index contributed by atoms with van der Waals surface area (Å²) in [6, 6.07) is 12.0. The fourth-order valence-corrected chi connectivity index (χ4v) is 5.35. The van der Waals surface area contributed by atoms with Crippen molar-refractivity contribution in [2.45, 2.75) is 46.2 Å². The highest BCUT2D eigenvalue weighted by Crippen LogP contribution is 2.40. The second-order valence-electron chi connectivity index (χ2n) is 9.10. The molecule has 1 fully saturated rings. The Balaban J connectivity index is 1.58. The smallest absolute Gasteiger partial charge is 0.293 e. The average molecular weight is 478 g/mol. The highest BCUT2D eigenvalue weighted by atomic mass is 32.2. The fraction of sp³-hybridized carbons (Fsp3) is 0.308. The van der Waals surface area contributed by atoms with Crippen molar-refractivity contribution in [2.24, 2.45) is 0 Å². The van der Waals surface area contributed by atoms with Crippen LogP contribution >= 0.6 is 11.8 Å². The molecule has 176 valence electrons. The number of hydrogen-bond donors (Lipinski definition) is 0. The Labute approximate surface area is 203 Å². The molecule has 0 atom stereocenters. The molecular formula is C26H27N3O4S. The monoisotopic (exact) mass is 477 g/mol. The number of rotatable bonds is 6. The molecule has 0 radical (unpaired) electrons. The van der Waals surface area contributed by atoms with Crippen molar-refractivity contribution in [3.63, 3.8) is 0 Å². The van der Waals surface area contributed by atoms with Gasteiger partial charge in [0.15, 0.2) is 0 Å². The van der Waals surface area contributed by atoms with Crippen LogP contribution in [0.1, 0.15) is 50.8 Å². The first-order chi connectivity index (χ1) is 16.1. The van der Waals surface area contributed by atoms with Gasteiger partial charge in [-0.1, -0.05) is 31.2 Å². The van der Waals surface area contributed by atoms with Crippen LogP contribution in [0.25, 0.3) is 11.6 Å². The van der Waals surface area contributed by atoms with E-state index in [1.54, 1.807) is 18.2 Å². The standard InChI is InChI=1S/C26H27N3O4S/c1-5-12-28-22-11-8-19(13-21(22)17(2)15-26(28,3)4)14-23-24(30)27(25(31)34-23)16-18-6-9-20(10-7-18)29(32)33/h6-11,13-15H,5,12,16H2,1-4H3/b23-14+. The van der Waals surface area contributed by atoms with E-state index >= 15 is 0 Å². The molecular weight excluding hydrogens is 450 g/mol. The van der Waals surface area contributed by atoms with Crippen LogP contribution in [-0.2, 0) is 11.3 Å². The number of non-ortho nitro benzene ring substituents is 1. The van der Waals surface area contributed by atoms with Crippen LogP contribution in [-0.4, -0.2) is 33.1 Å².